The van der Waals surface area contributed by atoms with Crippen LogP contribution in [-0.2, 0) is 11.3 Å². The topological polar surface area (TPSA) is 49.4 Å². The van der Waals surface area contributed by atoms with E-state index in [0.29, 0.717) is 10.9 Å². The van der Waals surface area contributed by atoms with Crippen LogP contribution in [0, 0.1) is 5.92 Å². The van der Waals surface area contributed by atoms with Crippen LogP contribution >= 0.6 is 22.9 Å². The van der Waals surface area contributed by atoms with Crippen molar-refractivity contribution in [3.8, 4) is 0 Å². The normalized spacial score (nSPS) is 24.3. The summed E-state index contributed by atoms with van der Waals surface area (Å²) in [5.74, 6) is 0.231. The molecule has 1 N–H and O–H groups in total. The first-order valence-corrected chi connectivity index (χ1v) is 6.81. The summed E-state index contributed by atoms with van der Waals surface area (Å²) in [7, 11) is 0. The molecule has 2 heterocycles. The number of urea groups is 1. The lowest BCUT2D eigenvalue weighted by atomic mass is 10.2. The zero-order valence-corrected chi connectivity index (χ0v) is 10.6. The number of nitrogens with zero attached hydrogens (tertiary/aromatic N) is 1. The molecule has 90 valence electrons. The Morgan fingerprint density at radius 2 is 2.18 bits per heavy atom. The fourth-order valence-electron chi connectivity index (χ4n) is 2.03. The lowest BCUT2D eigenvalue weighted by Gasteiger charge is -2.12. The molecule has 2 fully saturated rings. The molecule has 1 aliphatic heterocycles. The van der Waals surface area contributed by atoms with Gasteiger partial charge in [0.2, 0.25) is 0 Å². The molecule has 0 spiro atoms. The largest absolute Gasteiger partial charge is 0.326 e. The predicted octanol–water partition coefficient (Wildman–Crippen LogP) is 2.23. The van der Waals surface area contributed by atoms with Crippen LogP contribution in [0.5, 0.6) is 0 Å². The van der Waals surface area contributed by atoms with Crippen molar-refractivity contribution in [2.45, 2.75) is 25.4 Å². The van der Waals surface area contributed by atoms with Crippen LogP contribution in [0.3, 0.4) is 0 Å². The Morgan fingerprint density at radius 3 is 2.76 bits per heavy atom. The summed E-state index contributed by atoms with van der Waals surface area (Å²) < 4.78 is 0. The Labute approximate surface area is 108 Å². The van der Waals surface area contributed by atoms with E-state index < -0.39 is 0 Å². The Kier molecular flexibility index (Phi) is 2.60. The average molecular weight is 271 g/mol. The van der Waals surface area contributed by atoms with Gasteiger partial charge in [-0.15, -0.1) is 0 Å². The van der Waals surface area contributed by atoms with Crippen LogP contribution in [0.2, 0.25) is 5.02 Å². The van der Waals surface area contributed by atoms with Gasteiger partial charge in [-0.25, -0.2) is 4.79 Å². The van der Waals surface area contributed by atoms with Crippen molar-refractivity contribution in [2.24, 2.45) is 5.92 Å². The number of rotatable bonds is 3. The summed E-state index contributed by atoms with van der Waals surface area (Å²) in [5, 5.41) is 7.03. The van der Waals surface area contributed by atoms with E-state index in [2.05, 4.69) is 5.32 Å². The number of imide groups is 1. The molecule has 3 rings (SSSR count). The van der Waals surface area contributed by atoms with Gasteiger partial charge in [-0.1, -0.05) is 11.6 Å². The van der Waals surface area contributed by atoms with Gasteiger partial charge >= 0.3 is 6.03 Å². The second-order valence-electron chi connectivity index (χ2n) is 4.43. The molecule has 2 aliphatic rings. The molecule has 1 aromatic rings. The third kappa shape index (κ3) is 1.93. The van der Waals surface area contributed by atoms with E-state index in [9.17, 15) is 9.59 Å². The highest BCUT2D eigenvalue weighted by atomic mass is 35.5. The number of carbonyl (C=O) groups is 2. The summed E-state index contributed by atoms with van der Waals surface area (Å²) >= 11 is 7.44. The molecule has 1 saturated carbocycles. The SMILES string of the molecule is O=C1NC(C2CC2)C(=O)N1Cc1cscc1Cl. The highest BCUT2D eigenvalue weighted by molar-refractivity contribution is 7.08. The minimum absolute atomic E-state index is 0.111. The van der Waals surface area contributed by atoms with E-state index in [1.807, 2.05) is 5.38 Å². The van der Waals surface area contributed by atoms with E-state index in [0.717, 1.165) is 18.4 Å². The number of nitrogens with one attached hydrogen (secondary N) is 1. The highest BCUT2D eigenvalue weighted by Crippen LogP contribution is 2.35. The number of hydrogen-bond donors (Lipinski definition) is 1. The number of amides is 3. The van der Waals surface area contributed by atoms with Gasteiger partial charge in [0.05, 0.1) is 11.6 Å². The van der Waals surface area contributed by atoms with Crippen LogP contribution in [0.15, 0.2) is 10.8 Å². The van der Waals surface area contributed by atoms with Gasteiger partial charge in [0.1, 0.15) is 6.04 Å². The monoisotopic (exact) mass is 270 g/mol. The number of thiophene rings is 1. The van der Waals surface area contributed by atoms with Gasteiger partial charge in [0.25, 0.3) is 5.91 Å². The number of carbonyl (C=O) groups excluding carboxylic acids is 2. The minimum Gasteiger partial charge on any atom is -0.326 e. The lowest BCUT2D eigenvalue weighted by Crippen LogP contribution is -2.32. The summed E-state index contributed by atoms with van der Waals surface area (Å²) in [6.07, 6.45) is 2.06. The summed E-state index contributed by atoms with van der Waals surface area (Å²) in [6.45, 7) is 0.274. The number of halogens is 1. The molecule has 1 aromatic heterocycles. The molecule has 6 heteroatoms. The smallest absolute Gasteiger partial charge is 0.325 e. The quantitative estimate of drug-likeness (QED) is 0.857. The van der Waals surface area contributed by atoms with Crippen molar-refractivity contribution in [1.82, 2.24) is 10.2 Å². The molecule has 17 heavy (non-hydrogen) atoms. The summed E-state index contributed by atoms with van der Waals surface area (Å²) in [6, 6.07) is -0.603. The zero-order valence-electron chi connectivity index (χ0n) is 8.98. The van der Waals surface area contributed by atoms with Gasteiger partial charge in [-0.2, -0.15) is 11.3 Å². The fourth-order valence-corrected chi connectivity index (χ4v) is 3.07. The third-order valence-corrected chi connectivity index (χ3v) is 4.44. The Bertz CT molecular complexity index is 484. The number of hydrogen-bond acceptors (Lipinski definition) is 3. The first-order valence-electron chi connectivity index (χ1n) is 5.49. The van der Waals surface area contributed by atoms with Crippen molar-refractivity contribution in [3.05, 3.63) is 21.3 Å². The van der Waals surface area contributed by atoms with Gasteiger partial charge in [-0.05, 0) is 24.1 Å². The van der Waals surface area contributed by atoms with E-state index in [1.54, 1.807) is 5.38 Å². The molecule has 4 nitrogen and oxygen atoms in total. The zero-order chi connectivity index (χ0) is 12.0. The van der Waals surface area contributed by atoms with Crippen molar-refractivity contribution >= 4 is 34.9 Å². The summed E-state index contributed by atoms with van der Waals surface area (Å²) in [5.41, 5.74) is 0.830. The molecule has 1 aliphatic carbocycles. The minimum atomic E-state index is -0.306. The molecule has 3 amide bonds. The van der Waals surface area contributed by atoms with E-state index in [1.165, 1.54) is 16.2 Å². The van der Waals surface area contributed by atoms with Crippen LogP contribution in [0.4, 0.5) is 4.79 Å². The van der Waals surface area contributed by atoms with E-state index >= 15 is 0 Å². The predicted molar refractivity (Wildman–Crippen MR) is 64.9 cm³/mol. The second kappa shape index (κ2) is 3.99. The van der Waals surface area contributed by atoms with Crippen molar-refractivity contribution in [1.29, 1.82) is 0 Å². The third-order valence-electron chi connectivity index (χ3n) is 3.17. The van der Waals surface area contributed by atoms with Crippen LogP contribution in [0.25, 0.3) is 0 Å². The molecule has 0 aromatic carbocycles. The maximum atomic E-state index is 12.0. The molecule has 1 atom stereocenters. The average Bonchev–Trinajstić information content (AvgIpc) is 3.01. The molecular formula is C11H11ClN2O2S. The fraction of sp³-hybridized carbons (Fsp3) is 0.455. The van der Waals surface area contributed by atoms with Gasteiger partial charge in [0, 0.05) is 10.9 Å². The van der Waals surface area contributed by atoms with Crippen molar-refractivity contribution in [2.75, 3.05) is 0 Å². The van der Waals surface area contributed by atoms with Gasteiger partial charge in [0.15, 0.2) is 0 Å². The molecule has 0 radical (unpaired) electrons. The maximum absolute atomic E-state index is 12.0. The Balaban J connectivity index is 1.77. The maximum Gasteiger partial charge on any atom is 0.325 e. The first kappa shape index (κ1) is 11.0. The Hall–Kier alpha value is -1.07. The van der Waals surface area contributed by atoms with Gasteiger partial charge < -0.3 is 5.32 Å². The van der Waals surface area contributed by atoms with Crippen LogP contribution in [-0.4, -0.2) is 22.9 Å². The van der Waals surface area contributed by atoms with Crippen molar-refractivity contribution < 1.29 is 9.59 Å². The van der Waals surface area contributed by atoms with E-state index in [4.69, 9.17) is 11.6 Å². The molecule has 0 bridgehead atoms. The van der Waals surface area contributed by atoms with Crippen LogP contribution < -0.4 is 5.32 Å². The lowest BCUT2D eigenvalue weighted by molar-refractivity contribution is -0.128. The standard InChI is InChI=1S/C11H11ClN2O2S/c12-8-5-17-4-7(8)3-14-10(15)9(6-1-2-6)13-11(14)16/h4-6,9H,1-3H2,(H,13,16). The first-order chi connectivity index (χ1) is 8.16. The Morgan fingerprint density at radius 1 is 1.41 bits per heavy atom. The molecular weight excluding hydrogens is 260 g/mol. The van der Waals surface area contributed by atoms with Gasteiger partial charge in [-0.3, -0.25) is 9.69 Å². The molecule has 1 saturated heterocycles. The summed E-state index contributed by atoms with van der Waals surface area (Å²) in [4.78, 5) is 25.0. The highest BCUT2D eigenvalue weighted by Gasteiger charge is 2.46. The van der Waals surface area contributed by atoms with E-state index in [-0.39, 0.29) is 24.5 Å². The second-order valence-corrected chi connectivity index (χ2v) is 5.58. The molecule has 1 unspecified atom stereocenters. The van der Waals surface area contributed by atoms with Crippen molar-refractivity contribution in [3.63, 3.8) is 0 Å². The van der Waals surface area contributed by atoms with Crippen LogP contribution in [0.1, 0.15) is 18.4 Å².